The molecule has 20 heavy (non-hydrogen) atoms. The van der Waals surface area contributed by atoms with Crippen molar-refractivity contribution >= 4 is 11.5 Å². The number of aromatic nitrogens is 2. The van der Waals surface area contributed by atoms with Crippen molar-refractivity contribution < 1.29 is 0 Å². The zero-order valence-electron chi connectivity index (χ0n) is 12.0. The summed E-state index contributed by atoms with van der Waals surface area (Å²) in [6.07, 6.45) is 2.62. The fraction of sp³-hybridized carbons (Fsp3) is 0.375. The van der Waals surface area contributed by atoms with Crippen LogP contribution in [0, 0.1) is 0 Å². The summed E-state index contributed by atoms with van der Waals surface area (Å²) in [7, 11) is 0. The van der Waals surface area contributed by atoms with E-state index < -0.39 is 0 Å². The Labute approximate surface area is 119 Å². The van der Waals surface area contributed by atoms with Gasteiger partial charge < -0.3 is 10.6 Å². The van der Waals surface area contributed by atoms with Crippen LogP contribution >= 0.6 is 0 Å². The van der Waals surface area contributed by atoms with Crippen LogP contribution in [0.3, 0.4) is 0 Å². The second-order valence-corrected chi connectivity index (χ2v) is 5.48. The van der Waals surface area contributed by atoms with Gasteiger partial charge in [-0.1, -0.05) is 26.0 Å². The maximum Gasteiger partial charge on any atom is 0.138 e. The Morgan fingerprint density at radius 2 is 1.95 bits per heavy atom. The SMILES string of the molecule is CC(C)c1ccc(Nc2ncnc3c2CNCC3)cc1. The van der Waals surface area contributed by atoms with Crippen LogP contribution < -0.4 is 10.6 Å². The molecule has 0 amide bonds. The molecule has 2 N–H and O–H groups in total. The molecule has 0 unspecified atom stereocenters. The van der Waals surface area contributed by atoms with E-state index in [2.05, 4.69) is 58.7 Å². The highest BCUT2D eigenvalue weighted by Crippen LogP contribution is 2.24. The second-order valence-electron chi connectivity index (χ2n) is 5.48. The van der Waals surface area contributed by atoms with Crippen molar-refractivity contribution in [1.29, 1.82) is 0 Å². The predicted octanol–water partition coefficient (Wildman–Crippen LogP) is 2.99. The summed E-state index contributed by atoms with van der Waals surface area (Å²) in [5.41, 5.74) is 4.76. The van der Waals surface area contributed by atoms with E-state index in [1.165, 1.54) is 11.1 Å². The van der Waals surface area contributed by atoms with E-state index in [0.717, 1.165) is 36.7 Å². The Kier molecular flexibility index (Phi) is 3.65. The average Bonchev–Trinajstić information content (AvgIpc) is 2.48. The molecule has 1 aromatic carbocycles. The average molecular weight is 268 g/mol. The van der Waals surface area contributed by atoms with Crippen molar-refractivity contribution in [1.82, 2.24) is 15.3 Å². The van der Waals surface area contributed by atoms with Crippen molar-refractivity contribution in [3.63, 3.8) is 0 Å². The van der Waals surface area contributed by atoms with Crippen molar-refractivity contribution in [2.24, 2.45) is 0 Å². The van der Waals surface area contributed by atoms with Gasteiger partial charge in [0.2, 0.25) is 0 Å². The van der Waals surface area contributed by atoms with Gasteiger partial charge >= 0.3 is 0 Å². The van der Waals surface area contributed by atoms with Gasteiger partial charge in [0.15, 0.2) is 0 Å². The Bertz CT molecular complexity index is 590. The third kappa shape index (κ3) is 2.65. The van der Waals surface area contributed by atoms with Crippen LogP contribution in [0.2, 0.25) is 0 Å². The predicted molar refractivity (Wildman–Crippen MR) is 81.3 cm³/mol. The first-order valence-electron chi connectivity index (χ1n) is 7.14. The maximum atomic E-state index is 4.38. The lowest BCUT2D eigenvalue weighted by atomic mass is 10.0. The van der Waals surface area contributed by atoms with E-state index in [9.17, 15) is 0 Å². The van der Waals surface area contributed by atoms with Crippen LogP contribution in [0.4, 0.5) is 11.5 Å². The Morgan fingerprint density at radius 3 is 2.70 bits per heavy atom. The van der Waals surface area contributed by atoms with Gasteiger partial charge in [0.05, 0.1) is 5.69 Å². The molecule has 1 aromatic heterocycles. The summed E-state index contributed by atoms with van der Waals surface area (Å²) in [5, 5.41) is 6.78. The molecule has 0 bridgehead atoms. The molecular formula is C16H20N4. The van der Waals surface area contributed by atoms with Crippen LogP contribution in [0.25, 0.3) is 0 Å². The van der Waals surface area contributed by atoms with Crippen molar-refractivity contribution in [3.05, 3.63) is 47.4 Å². The molecule has 3 rings (SSSR count). The van der Waals surface area contributed by atoms with Gasteiger partial charge in [-0.25, -0.2) is 9.97 Å². The van der Waals surface area contributed by atoms with Gasteiger partial charge in [-0.05, 0) is 23.6 Å². The number of benzene rings is 1. The number of nitrogens with one attached hydrogen (secondary N) is 2. The van der Waals surface area contributed by atoms with E-state index in [0.29, 0.717) is 5.92 Å². The summed E-state index contributed by atoms with van der Waals surface area (Å²) in [6.45, 7) is 6.24. The van der Waals surface area contributed by atoms with Crippen molar-refractivity contribution in [2.75, 3.05) is 11.9 Å². The van der Waals surface area contributed by atoms with Crippen LogP contribution in [0.1, 0.15) is 36.6 Å². The Hall–Kier alpha value is -1.94. The lowest BCUT2D eigenvalue weighted by molar-refractivity contribution is 0.628. The highest BCUT2D eigenvalue weighted by molar-refractivity contribution is 5.60. The van der Waals surface area contributed by atoms with Crippen molar-refractivity contribution in [3.8, 4) is 0 Å². The minimum absolute atomic E-state index is 0.556. The Balaban J connectivity index is 1.84. The number of rotatable bonds is 3. The first kappa shape index (κ1) is 13.1. The molecule has 104 valence electrons. The standard InChI is InChI=1S/C16H20N4/c1-11(2)12-3-5-13(6-4-12)20-16-14-9-17-8-7-15(14)18-10-19-16/h3-6,10-11,17H,7-9H2,1-2H3,(H,18,19,20). The first-order valence-corrected chi connectivity index (χ1v) is 7.14. The molecule has 0 radical (unpaired) electrons. The lowest BCUT2D eigenvalue weighted by Crippen LogP contribution is -2.25. The van der Waals surface area contributed by atoms with Crippen LogP contribution in [0.15, 0.2) is 30.6 Å². The van der Waals surface area contributed by atoms with E-state index in [-0.39, 0.29) is 0 Å². The summed E-state index contributed by atoms with van der Waals surface area (Å²) < 4.78 is 0. The molecule has 0 saturated heterocycles. The third-order valence-electron chi connectivity index (χ3n) is 3.72. The van der Waals surface area contributed by atoms with Gasteiger partial charge in [-0.2, -0.15) is 0 Å². The molecule has 0 fully saturated rings. The quantitative estimate of drug-likeness (QED) is 0.898. The molecule has 1 aliphatic heterocycles. The molecule has 2 heterocycles. The van der Waals surface area contributed by atoms with Crippen molar-refractivity contribution in [2.45, 2.75) is 32.7 Å². The molecule has 4 heteroatoms. The molecule has 1 aliphatic rings. The smallest absolute Gasteiger partial charge is 0.138 e. The molecule has 0 spiro atoms. The minimum atomic E-state index is 0.556. The number of hydrogen-bond acceptors (Lipinski definition) is 4. The Morgan fingerprint density at radius 1 is 1.15 bits per heavy atom. The summed E-state index contributed by atoms with van der Waals surface area (Å²) in [4.78, 5) is 8.75. The lowest BCUT2D eigenvalue weighted by Gasteiger charge is -2.19. The molecular weight excluding hydrogens is 248 g/mol. The molecule has 0 saturated carbocycles. The maximum absolute atomic E-state index is 4.38. The minimum Gasteiger partial charge on any atom is -0.340 e. The monoisotopic (exact) mass is 268 g/mol. The van der Waals surface area contributed by atoms with Gasteiger partial charge in [-0.3, -0.25) is 0 Å². The third-order valence-corrected chi connectivity index (χ3v) is 3.72. The summed E-state index contributed by atoms with van der Waals surface area (Å²) in [5.74, 6) is 1.47. The highest BCUT2D eigenvalue weighted by Gasteiger charge is 2.15. The highest BCUT2D eigenvalue weighted by atomic mass is 15.0. The second kappa shape index (κ2) is 5.59. The van der Waals surface area contributed by atoms with Gasteiger partial charge in [0.25, 0.3) is 0 Å². The zero-order valence-corrected chi connectivity index (χ0v) is 12.0. The number of nitrogens with zero attached hydrogens (tertiary/aromatic N) is 2. The first-order chi connectivity index (χ1) is 9.74. The largest absolute Gasteiger partial charge is 0.340 e. The number of hydrogen-bond donors (Lipinski definition) is 2. The van der Waals surface area contributed by atoms with Crippen LogP contribution in [0.5, 0.6) is 0 Å². The summed E-state index contributed by atoms with van der Waals surface area (Å²) in [6, 6.07) is 8.55. The molecule has 2 aromatic rings. The number of fused-ring (bicyclic) bond motifs is 1. The zero-order chi connectivity index (χ0) is 13.9. The van der Waals surface area contributed by atoms with E-state index in [1.54, 1.807) is 6.33 Å². The molecule has 0 aliphatic carbocycles. The number of anilines is 2. The normalized spacial score (nSPS) is 14.2. The fourth-order valence-corrected chi connectivity index (χ4v) is 2.47. The van der Waals surface area contributed by atoms with E-state index >= 15 is 0 Å². The van der Waals surface area contributed by atoms with Gasteiger partial charge in [-0.15, -0.1) is 0 Å². The summed E-state index contributed by atoms with van der Waals surface area (Å²) >= 11 is 0. The molecule has 0 atom stereocenters. The van der Waals surface area contributed by atoms with E-state index in [1.807, 2.05) is 0 Å². The van der Waals surface area contributed by atoms with E-state index in [4.69, 9.17) is 0 Å². The topological polar surface area (TPSA) is 49.8 Å². The van der Waals surface area contributed by atoms with Crippen LogP contribution in [-0.4, -0.2) is 16.5 Å². The van der Waals surface area contributed by atoms with Crippen LogP contribution in [-0.2, 0) is 13.0 Å². The molecule has 4 nitrogen and oxygen atoms in total. The van der Waals surface area contributed by atoms with Gasteiger partial charge in [0.1, 0.15) is 12.1 Å². The fourth-order valence-electron chi connectivity index (χ4n) is 2.47. The van der Waals surface area contributed by atoms with Gasteiger partial charge in [0, 0.05) is 30.8 Å².